The molecule has 1 unspecified atom stereocenters. The second-order valence-electron chi connectivity index (χ2n) is 4.88. The Labute approximate surface area is 97.5 Å². The van der Waals surface area contributed by atoms with Crippen molar-refractivity contribution in [1.29, 1.82) is 0 Å². The molecule has 0 spiro atoms. The molecule has 0 saturated heterocycles. The van der Waals surface area contributed by atoms with Crippen LogP contribution in [0, 0.1) is 5.92 Å². The summed E-state index contributed by atoms with van der Waals surface area (Å²) in [7, 11) is -3.07. The van der Waals surface area contributed by atoms with Crippen LogP contribution < -0.4 is 5.73 Å². The molecule has 94 valence electrons. The molecule has 0 aromatic rings. The summed E-state index contributed by atoms with van der Waals surface area (Å²) in [6.45, 7) is 3.54. The third kappa shape index (κ3) is 3.56. The van der Waals surface area contributed by atoms with E-state index in [4.69, 9.17) is 5.73 Å². The zero-order chi connectivity index (χ0) is 12.4. The number of nitrogens with two attached hydrogens (primary N) is 1. The van der Waals surface area contributed by atoms with Crippen LogP contribution in [0.15, 0.2) is 0 Å². The Morgan fingerprint density at radius 3 is 2.38 bits per heavy atom. The van der Waals surface area contributed by atoms with Crippen LogP contribution >= 0.6 is 0 Å². The van der Waals surface area contributed by atoms with Gasteiger partial charge in [0.05, 0.1) is 11.3 Å². The van der Waals surface area contributed by atoms with E-state index >= 15 is 0 Å². The number of hydrogen-bond donors (Lipinski definition) is 1. The molecule has 1 rings (SSSR count). The lowest BCUT2D eigenvalue weighted by atomic mass is 9.90. The quantitative estimate of drug-likeness (QED) is 0.725. The monoisotopic (exact) mass is 247 g/mol. The third-order valence-electron chi connectivity index (χ3n) is 3.18. The van der Waals surface area contributed by atoms with Gasteiger partial charge in [-0.15, -0.1) is 0 Å². The summed E-state index contributed by atoms with van der Waals surface area (Å²) in [5.41, 5.74) is 5.11. The van der Waals surface area contributed by atoms with Crippen molar-refractivity contribution in [2.24, 2.45) is 11.7 Å². The molecule has 5 heteroatoms. The Morgan fingerprint density at radius 1 is 1.38 bits per heavy atom. The Balaban J connectivity index is 2.46. The van der Waals surface area contributed by atoms with Crippen molar-refractivity contribution in [2.75, 3.05) is 11.5 Å². The molecule has 0 aromatic heterocycles. The number of hydrogen-bond acceptors (Lipinski definition) is 4. The molecule has 0 aromatic carbocycles. The van der Waals surface area contributed by atoms with Crippen LogP contribution in [0.3, 0.4) is 0 Å². The van der Waals surface area contributed by atoms with Crippen LogP contribution in [-0.4, -0.2) is 31.2 Å². The van der Waals surface area contributed by atoms with Gasteiger partial charge in [0.1, 0.15) is 0 Å². The second-order valence-corrected chi connectivity index (χ2v) is 7.19. The molecule has 0 heterocycles. The summed E-state index contributed by atoms with van der Waals surface area (Å²) in [5.74, 6) is 0.244. The Kier molecular flexibility index (Phi) is 4.12. The first-order chi connectivity index (χ1) is 7.29. The van der Waals surface area contributed by atoms with Gasteiger partial charge in [-0.05, 0) is 32.1 Å². The zero-order valence-electron chi connectivity index (χ0n) is 10.0. The first kappa shape index (κ1) is 13.6. The summed E-state index contributed by atoms with van der Waals surface area (Å²) >= 11 is 0. The van der Waals surface area contributed by atoms with Gasteiger partial charge in [0.2, 0.25) is 0 Å². The predicted octanol–water partition coefficient (Wildman–Crippen LogP) is 0.898. The Bertz CT molecular complexity index is 355. The molecular formula is C11H21NO3S. The molecule has 1 saturated carbocycles. The molecule has 1 aliphatic carbocycles. The van der Waals surface area contributed by atoms with E-state index in [9.17, 15) is 13.2 Å². The van der Waals surface area contributed by atoms with Gasteiger partial charge in [-0.2, -0.15) is 0 Å². The number of Topliss-reactive ketones (excluding diaryl/α,β-unsaturated/α-hetero) is 1. The average molecular weight is 247 g/mol. The third-order valence-corrected chi connectivity index (χ3v) is 5.04. The van der Waals surface area contributed by atoms with E-state index in [2.05, 4.69) is 0 Å². The predicted molar refractivity (Wildman–Crippen MR) is 63.9 cm³/mol. The topological polar surface area (TPSA) is 77.2 Å². The van der Waals surface area contributed by atoms with E-state index in [0.717, 1.165) is 12.8 Å². The van der Waals surface area contributed by atoms with Gasteiger partial charge < -0.3 is 5.73 Å². The van der Waals surface area contributed by atoms with E-state index in [1.807, 2.05) is 6.92 Å². The smallest absolute Gasteiger partial charge is 0.153 e. The minimum atomic E-state index is -3.07. The van der Waals surface area contributed by atoms with Crippen LogP contribution in [-0.2, 0) is 14.6 Å². The molecule has 0 amide bonds. The standard InChI is InChI=1S/C11H21NO3S/c1-3-7-16(14,15)8-6-10(13)11(2,12)9-4-5-9/h9H,3-8,12H2,1-2H3. The van der Waals surface area contributed by atoms with Gasteiger partial charge >= 0.3 is 0 Å². The second kappa shape index (κ2) is 4.84. The van der Waals surface area contributed by atoms with Crippen molar-refractivity contribution < 1.29 is 13.2 Å². The first-order valence-electron chi connectivity index (χ1n) is 5.82. The number of sulfone groups is 1. The molecule has 16 heavy (non-hydrogen) atoms. The van der Waals surface area contributed by atoms with Crippen molar-refractivity contribution in [1.82, 2.24) is 0 Å². The summed E-state index contributed by atoms with van der Waals surface area (Å²) < 4.78 is 22.9. The molecular weight excluding hydrogens is 226 g/mol. The van der Waals surface area contributed by atoms with Crippen LogP contribution in [0.2, 0.25) is 0 Å². The van der Waals surface area contributed by atoms with E-state index < -0.39 is 15.4 Å². The highest BCUT2D eigenvalue weighted by molar-refractivity contribution is 7.91. The SMILES string of the molecule is CCCS(=O)(=O)CCC(=O)C(C)(N)C1CC1. The average Bonchev–Trinajstić information content (AvgIpc) is 2.97. The maximum absolute atomic E-state index is 11.8. The highest BCUT2D eigenvalue weighted by Crippen LogP contribution is 2.38. The molecule has 2 N–H and O–H groups in total. The molecule has 0 bridgehead atoms. The molecule has 0 radical (unpaired) electrons. The van der Waals surface area contributed by atoms with E-state index in [-0.39, 0.29) is 29.6 Å². The molecule has 1 fully saturated rings. The summed E-state index contributed by atoms with van der Waals surface area (Å²) in [6.07, 6.45) is 2.63. The lowest BCUT2D eigenvalue weighted by Crippen LogP contribution is -2.47. The number of carbonyl (C=O) groups is 1. The fourth-order valence-electron chi connectivity index (χ4n) is 1.84. The van der Waals surface area contributed by atoms with Crippen LogP contribution in [0.4, 0.5) is 0 Å². The van der Waals surface area contributed by atoms with Crippen molar-refractivity contribution >= 4 is 15.6 Å². The molecule has 0 aliphatic heterocycles. The minimum absolute atomic E-state index is 0.0564. The molecule has 4 nitrogen and oxygen atoms in total. The Morgan fingerprint density at radius 2 is 1.94 bits per heavy atom. The van der Waals surface area contributed by atoms with Crippen LogP contribution in [0.1, 0.15) is 39.5 Å². The Hall–Kier alpha value is -0.420. The lowest BCUT2D eigenvalue weighted by molar-refractivity contribution is -0.123. The van der Waals surface area contributed by atoms with Crippen molar-refractivity contribution in [3.05, 3.63) is 0 Å². The van der Waals surface area contributed by atoms with Gasteiger partial charge in [0.25, 0.3) is 0 Å². The van der Waals surface area contributed by atoms with E-state index in [1.54, 1.807) is 6.92 Å². The van der Waals surface area contributed by atoms with E-state index in [1.165, 1.54) is 0 Å². The van der Waals surface area contributed by atoms with E-state index in [0.29, 0.717) is 6.42 Å². The van der Waals surface area contributed by atoms with Gasteiger partial charge in [-0.3, -0.25) is 4.79 Å². The van der Waals surface area contributed by atoms with Gasteiger partial charge in [0.15, 0.2) is 15.6 Å². The summed E-state index contributed by atoms with van der Waals surface area (Å²) in [5, 5.41) is 0. The number of ketones is 1. The largest absolute Gasteiger partial charge is 0.319 e. The van der Waals surface area contributed by atoms with Crippen LogP contribution in [0.5, 0.6) is 0 Å². The molecule has 1 aliphatic rings. The first-order valence-corrected chi connectivity index (χ1v) is 7.64. The lowest BCUT2D eigenvalue weighted by Gasteiger charge is -2.22. The van der Waals surface area contributed by atoms with Gasteiger partial charge in [-0.1, -0.05) is 6.92 Å². The fraction of sp³-hybridized carbons (Fsp3) is 0.909. The van der Waals surface area contributed by atoms with Crippen molar-refractivity contribution in [3.63, 3.8) is 0 Å². The van der Waals surface area contributed by atoms with Crippen LogP contribution in [0.25, 0.3) is 0 Å². The van der Waals surface area contributed by atoms with Crippen molar-refractivity contribution in [2.45, 2.75) is 45.1 Å². The fourth-order valence-corrected chi connectivity index (χ4v) is 3.16. The summed E-state index contributed by atoms with van der Waals surface area (Å²) in [6, 6.07) is 0. The maximum Gasteiger partial charge on any atom is 0.153 e. The highest BCUT2D eigenvalue weighted by Gasteiger charge is 2.43. The highest BCUT2D eigenvalue weighted by atomic mass is 32.2. The van der Waals surface area contributed by atoms with Gasteiger partial charge in [-0.25, -0.2) is 8.42 Å². The number of rotatable bonds is 7. The van der Waals surface area contributed by atoms with Crippen molar-refractivity contribution in [3.8, 4) is 0 Å². The normalized spacial score (nSPS) is 20.4. The summed E-state index contributed by atoms with van der Waals surface area (Å²) in [4.78, 5) is 11.8. The number of carbonyl (C=O) groups excluding carboxylic acids is 1. The maximum atomic E-state index is 11.8. The molecule has 1 atom stereocenters. The van der Waals surface area contributed by atoms with Gasteiger partial charge in [0, 0.05) is 12.2 Å². The zero-order valence-corrected chi connectivity index (χ0v) is 10.8. The minimum Gasteiger partial charge on any atom is -0.319 e.